The van der Waals surface area contributed by atoms with Crippen molar-refractivity contribution in [2.75, 3.05) is 0 Å². The average molecular weight is 170 g/mol. The van der Waals surface area contributed by atoms with Crippen molar-refractivity contribution in [3.8, 4) is 0 Å². The van der Waals surface area contributed by atoms with E-state index in [0.29, 0.717) is 0 Å². The number of hydrogen-bond acceptors (Lipinski definition) is 0. The Balaban J connectivity index is 0.000000217. The third-order valence-electron chi connectivity index (χ3n) is 2.46. The average Bonchev–Trinajstić information content (AvgIpc) is 2.37. The summed E-state index contributed by atoms with van der Waals surface area (Å²) in [7, 11) is 0. The third-order valence-corrected chi connectivity index (χ3v) is 2.46. The van der Waals surface area contributed by atoms with E-state index in [1.807, 2.05) is 0 Å². The molecule has 0 radical (unpaired) electrons. The molecule has 1 fully saturated rings. The molecule has 0 aromatic rings. The zero-order valence-corrected chi connectivity index (χ0v) is 9.07. The second-order valence-electron chi connectivity index (χ2n) is 3.83. The lowest BCUT2D eigenvalue weighted by molar-refractivity contribution is 0.702. The number of hydrogen-bond donors (Lipinski definition) is 0. The molecule has 0 bridgehead atoms. The summed E-state index contributed by atoms with van der Waals surface area (Å²) < 4.78 is 0. The molecule has 1 aliphatic rings. The molecule has 0 spiro atoms. The van der Waals surface area contributed by atoms with Gasteiger partial charge >= 0.3 is 0 Å². The highest BCUT2D eigenvalue weighted by Gasteiger charge is 1.95. The topological polar surface area (TPSA) is 0 Å². The number of unbranched alkanes of at least 4 members (excludes halogenated alkanes) is 2. The standard InChI is InChI=1S/C7H14.C5H12/c1-2-4-6-7-5-3-1;1-3-5-4-2/h1-7H2;3-5H2,1-2H3. The molecule has 0 aliphatic heterocycles. The van der Waals surface area contributed by atoms with E-state index in [0.717, 1.165) is 0 Å². The largest absolute Gasteiger partial charge is 0.0654 e. The molecule has 0 aromatic carbocycles. The van der Waals surface area contributed by atoms with E-state index in [2.05, 4.69) is 13.8 Å². The molecule has 0 heteroatoms. The van der Waals surface area contributed by atoms with E-state index < -0.39 is 0 Å². The minimum Gasteiger partial charge on any atom is -0.0654 e. The van der Waals surface area contributed by atoms with Gasteiger partial charge in [0.2, 0.25) is 0 Å². The zero-order valence-electron chi connectivity index (χ0n) is 9.07. The Labute approximate surface area is 78.8 Å². The van der Waals surface area contributed by atoms with Crippen LogP contribution in [0.3, 0.4) is 0 Å². The molecule has 74 valence electrons. The summed E-state index contributed by atoms with van der Waals surface area (Å²) in [4.78, 5) is 0. The first-order valence-corrected chi connectivity index (χ1v) is 5.91. The van der Waals surface area contributed by atoms with Gasteiger partial charge in [0.05, 0.1) is 0 Å². The Morgan fingerprint density at radius 1 is 0.583 bits per heavy atom. The Morgan fingerprint density at radius 3 is 0.917 bits per heavy atom. The second-order valence-corrected chi connectivity index (χ2v) is 3.83. The predicted octanol–water partition coefficient (Wildman–Crippen LogP) is 4.93. The van der Waals surface area contributed by atoms with Crippen LogP contribution >= 0.6 is 0 Å². The van der Waals surface area contributed by atoms with Crippen LogP contribution in [-0.4, -0.2) is 0 Å². The van der Waals surface area contributed by atoms with E-state index in [4.69, 9.17) is 0 Å². The van der Waals surface area contributed by atoms with Crippen LogP contribution < -0.4 is 0 Å². The van der Waals surface area contributed by atoms with Gasteiger partial charge in [0.25, 0.3) is 0 Å². The molecule has 12 heavy (non-hydrogen) atoms. The normalized spacial score (nSPS) is 17.5. The number of rotatable bonds is 2. The highest BCUT2D eigenvalue weighted by atomic mass is 14.0. The van der Waals surface area contributed by atoms with Crippen LogP contribution in [0.15, 0.2) is 0 Å². The van der Waals surface area contributed by atoms with Crippen LogP contribution in [0.2, 0.25) is 0 Å². The van der Waals surface area contributed by atoms with Crippen molar-refractivity contribution in [2.24, 2.45) is 0 Å². The maximum atomic E-state index is 2.21. The lowest BCUT2D eigenvalue weighted by Crippen LogP contribution is -1.66. The van der Waals surface area contributed by atoms with E-state index in [-0.39, 0.29) is 0 Å². The first-order valence-electron chi connectivity index (χ1n) is 5.91. The van der Waals surface area contributed by atoms with E-state index in [1.165, 1.54) is 64.2 Å². The molecule has 0 heterocycles. The maximum absolute atomic E-state index is 2.21. The minimum absolute atomic E-state index is 1.34. The quantitative estimate of drug-likeness (QED) is 0.516. The SMILES string of the molecule is C1CCCCCC1.CCCCC. The molecular formula is C12H26. The lowest BCUT2D eigenvalue weighted by atomic mass is 10.2. The maximum Gasteiger partial charge on any atom is -0.0533 e. The van der Waals surface area contributed by atoms with Gasteiger partial charge < -0.3 is 0 Å². The molecule has 1 aliphatic carbocycles. The molecule has 1 saturated carbocycles. The van der Waals surface area contributed by atoms with Gasteiger partial charge in [-0.3, -0.25) is 0 Å². The molecule has 0 atom stereocenters. The van der Waals surface area contributed by atoms with E-state index >= 15 is 0 Å². The van der Waals surface area contributed by atoms with Crippen molar-refractivity contribution >= 4 is 0 Å². The molecular weight excluding hydrogens is 144 g/mol. The van der Waals surface area contributed by atoms with Crippen LogP contribution in [0.1, 0.15) is 78.1 Å². The van der Waals surface area contributed by atoms with Crippen LogP contribution in [0, 0.1) is 0 Å². The molecule has 1 rings (SSSR count). The lowest BCUT2D eigenvalue weighted by Gasteiger charge is -1.85. The van der Waals surface area contributed by atoms with Gasteiger partial charge in [-0.1, -0.05) is 78.1 Å². The summed E-state index contributed by atoms with van der Waals surface area (Å²) in [5, 5.41) is 0. The Bertz CT molecular complexity index is 44.8. The van der Waals surface area contributed by atoms with Crippen LogP contribution in [0.25, 0.3) is 0 Å². The first-order chi connectivity index (χ1) is 5.91. The van der Waals surface area contributed by atoms with E-state index in [9.17, 15) is 0 Å². The predicted molar refractivity (Wildman–Crippen MR) is 57.5 cm³/mol. The van der Waals surface area contributed by atoms with Crippen molar-refractivity contribution in [2.45, 2.75) is 78.1 Å². The molecule has 0 nitrogen and oxygen atoms in total. The zero-order chi connectivity index (χ0) is 9.07. The van der Waals surface area contributed by atoms with Crippen molar-refractivity contribution in [1.29, 1.82) is 0 Å². The van der Waals surface area contributed by atoms with Gasteiger partial charge in [0.1, 0.15) is 0 Å². The van der Waals surface area contributed by atoms with Gasteiger partial charge in [0, 0.05) is 0 Å². The summed E-state index contributed by atoms with van der Waals surface area (Å²) >= 11 is 0. The van der Waals surface area contributed by atoms with Crippen LogP contribution in [0.5, 0.6) is 0 Å². The molecule has 0 N–H and O–H groups in total. The van der Waals surface area contributed by atoms with Crippen LogP contribution in [0.4, 0.5) is 0 Å². The van der Waals surface area contributed by atoms with Crippen molar-refractivity contribution in [3.05, 3.63) is 0 Å². The van der Waals surface area contributed by atoms with Gasteiger partial charge in [-0.05, 0) is 0 Å². The fourth-order valence-corrected chi connectivity index (χ4v) is 1.59. The van der Waals surface area contributed by atoms with Crippen molar-refractivity contribution in [3.63, 3.8) is 0 Å². The minimum atomic E-state index is 1.34. The fourth-order valence-electron chi connectivity index (χ4n) is 1.59. The van der Waals surface area contributed by atoms with E-state index in [1.54, 1.807) is 0 Å². The Kier molecular flexibility index (Phi) is 11.0. The molecule has 0 aromatic heterocycles. The smallest absolute Gasteiger partial charge is 0.0533 e. The Hall–Kier alpha value is 0. The molecule has 0 saturated heterocycles. The fraction of sp³-hybridized carbons (Fsp3) is 1.00. The third kappa shape index (κ3) is 10.0. The summed E-state index contributed by atoms with van der Waals surface area (Å²) in [6.07, 6.45) is 14.6. The van der Waals surface area contributed by atoms with Gasteiger partial charge in [0.15, 0.2) is 0 Å². The summed E-state index contributed by atoms with van der Waals surface area (Å²) in [5.41, 5.74) is 0. The van der Waals surface area contributed by atoms with Crippen LogP contribution in [-0.2, 0) is 0 Å². The highest BCUT2D eigenvalue weighted by molar-refractivity contribution is 4.51. The van der Waals surface area contributed by atoms with Crippen molar-refractivity contribution < 1.29 is 0 Å². The second kappa shape index (κ2) is 11.0. The summed E-state index contributed by atoms with van der Waals surface area (Å²) in [6, 6.07) is 0. The monoisotopic (exact) mass is 170 g/mol. The van der Waals surface area contributed by atoms with Gasteiger partial charge in [-0.15, -0.1) is 0 Å². The molecule has 0 amide bonds. The Morgan fingerprint density at radius 2 is 0.833 bits per heavy atom. The van der Waals surface area contributed by atoms with Gasteiger partial charge in [-0.25, -0.2) is 0 Å². The summed E-state index contributed by atoms with van der Waals surface area (Å²) in [5.74, 6) is 0. The highest BCUT2D eigenvalue weighted by Crippen LogP contribution is 2.15. The first kappa shape index (κ1) is 12.0. The van der Waals surface area contributed by atoms with Crippen molar-refractivity contribution in [1.82, 2.24) is 0 Å². The summed E-state index contributed by atoms with van der Waals surface area (Å²) in [6.45, 7) is 4.42. The van der Waals surface area contributed by atoms with Gasteiger partial charge in [-0.2, -0.15) is 0 Å². The molecule has 0 unspecified atom stereocenters.